The van der Waals surface area contributed by atoms with Gasteiger partial charge in [0.05, 0.1) is 16.6 Å². The van der Waals surface area contributed by atoms with Gasteiger partial charge >= 0.3 is 0 Å². The summed E-state index contributed by atoms with van der Waals surface area (Å²) in [4.78, 5) is 7.69. The number of nitrogens with one attached hydrogen (secondary N) is 1. The maximum Gasteiger partial charge on any atom is 0.109 e. The Balaban J connectivity index is 2.21. The number of hydrogen-bond acceptors (Lipinski definition) is 3. The second-order valence-electron chi connectivity index (χ2n) is 3.84. The van der Waals surface area contributed by atoms with Gasteiger partial charge in [-0.25, -0.2) is 4.98 Å². The number of aromatic amines is 1. The first kappa shape index (κ1) is 12.4. The molecule has 0 saturated heterocycles. The SMILES string of the molecule is CCOC(CN)Cc1nc2c(Cl)cccc2[nH]1. The third-order valence-electron chi connectivity index (χ3n) is 2.60. The molecule has 1 heterocycles. The van der Waals surface area contributed by atoms with Gasteiger partial charge in [0.2, 0.25) is 0 Å². The summed E-state index contributed by atoms with van der Waals surface area (Å²) in [5.74, 6) is 0.858. The molecule has 0 spiro atoms. The molecule has 0 saturated carbocycles. The molecule has 0 radical (unpaired) electrons. The van der Waals surface area contributed by atoms with E-state index in [1.165, 1.54) is 0 Å². The minimum atomic E-state index is -0.000613. The molecule has 17 heavy (non-hydrogen) atoms. The van der Waals surface area contributed by atoms with Gasteiger partial charge in [-0.05, 0) is 19.1 Å². The van der Waals surface area contributed by atoms with Crippen LogP contribution in [0.15, 0.2) is 18.2 Å². The number of hydrogen-bond donors (Lipinski definition) is 2. The Morgan fingerprint density at radius 1 is 1.53 bits per heavy atom. The lowest BCUT2D eigenvalue weighted by molar-refractivity contribution is 0.0682. The highest BCUT2D eigenvalue weighted by Gasteiger charge is 2.11. The van der Waals surface area contributed by atoms with E-state index in [1.807, 2.05) is 25.1 Å². The number of fused-ring (bicyclic) bond motifs is 1. The Hall–Kier alpha value is -1.10. The van der Waals surface area contributed by atoms with Gasteiger partial charge < -0.3 is 15.5 Å². The van der Waals surface area contributed by atoms with Crippen molar-refractivity contribution in [1.29, 1.82) is 0 Å². The number of nitrogens with two attached hydrogens (primary N) is 1. The van der Waals surface area contributed by atoms with Crippen LogP contribution in [0.25, 0.3) is 11.0 Å². The number of nitrogens with zero attached hydrogens (tertiary/aromatic N) is 1. The van der Waals surface area contributed by atoms with E-state index in [2.05, 4.69) is 9.97 Å². The fourth-order valence-electron chi connectivity index (χ4n) is 1.81. The molecular weight excluding hydrogens is 238 g/mol. The Bertz CT molecular complexity index is 497. The van der Waals surface area contributed by atoms with Crippen molar-refractivity contribution in [3.8, 4) is 0 Å². The van der Waals surface area contributed by atoms with Crippen LogP contribution in [0.2, 0.25) is 5.02 Å². The number of benzene rings is 1. The van der Waals surface area contributed by atoms with Crippen molar-refractivity contribution in [3.05, 3.63) is 29.0 Å². The van der Waals surface area contributed by atoms with E-state index in [4.69, 9.17) is 22.1 Å². The van der Waals surface area contributed by atoms with Crippen molar-refractivity contribution in [2.24, 2.45) is 5.73 Å². The van der Waals surface area contributed by atoms with Gasteiger partial charge in [0.25, 0.3) is 0 Å². The molecule has 5 heteroatoms. The van der Waals surface area contributed by atoms with Gasteiger partial charge in [0.1, 0.15) is 11.3 Å². The first-order chi connectivity index (χ1) is 8.24. The molecule has 92 valence electrons. The smallest absolute Gasteiger partial charge is 0.109 e. The highest BCUT2D eigenvalue weighted by molar-refractivity contribution is 6.34. The third kappa shape index (κ3) is 2.77. The molecule has 2 aromatic rings. The molecule has 1 atom stereocenters. The van der Waals surface area contributed by atoms with Crippen LogP contribution in [0.4, 0.5) is 0 Å². The summed E-state index contributed by atoms with van der Waals surface area (Å²) in [6, 6.07) is 5.68. The minimum absolute atomic E-state index is 0.000613. The zero-order chi connectivity index (χ0) is 12.3. The molecule has 1 unspecified atom stereocenters. The van der Waals surface area contributed by atoms with Gasteiger partial charge in [-0.2, -0.15) is 0 Å². The average molecular weight is 254 g/mol. The lowest BCUT2D eigenvalue weighted by Crippen LogP contribution is -2.26. The van der Waals surface area contributed by atoms with Crippen LogP contribution < -0.4 is 5.73 Å². The fourth-order valence-corrected chi connectivity index (χ4v) is 2.02. The van der Waals surface area contributed by atoms with Crippen LogP contribution in [0.1, 0.15) is 12.7 Å². The van der Waals surface area contributed by atoms with Crippen LogP contribution >= 0.6 is 11.6 Å². The van der Waals surface area contributed by atoms with E-state index in [0.717, 1.165) is 16.9 Å². The molecule has 0 amide bonds. The molecule has 0 bridgehead atoms. The molecule has 1 aromatic heterocycles. The summed E-state index contributed by atoms with van der Waals surface area (Å²) >= 11 is 6.06. The van der Waals surface area contributed by atoms with E-state index in [0.29, 0.717) is 24.6 Å². The zero-order valence-electron chi connectivity index (χ0n) is 9.74. The third-order valence-corrected chi connectivity index (χ3v) is 2.90. The van der Waals surface area contributed by atoms with Crippen molar-refractivity contribution in [2.75, 3.05) is 13.2 Å². The Morgan fingerprint density at radius 2 is 2.35 bits per heavy atom. The summed E-state index contributed by atoms with van der Waals surface area (Å²) < 4.78 is 5.50. The molecule has 4 nitrogen and oxygen atoms in total. The predicted octanol–water partition coefficient (Wildman–Crippen LogP) is 2.12. The van der Waals surface area contributed by atoms with Gasteiger partial charge in [0, 0.05) is 19.6 Å². The second kappa shape index (κ2) is 5.49. The Kier molecular flexibility index (Phi) is 3.99. The van der Waals surface area contributed by atoms with E-state index in [9.17, 15) is 0 Å². The number of imidazole rings is 1. The number of rotatable bonds is 5. The highest BCUT2D eigenvalue weighted by Crippen LogP contribution is 2.21. The van der Waals surface area contributed by atoms with Crippen molar-refractivity contribution in [3.63, 3.8) is 0 Å². The van der Waals surface area contributed by atoms with Crippen LogP contribution in [-0.4, -0.2) is 29.2 Å². The van der Waals surface area contributed by atoms with Crippen molar-refractivity contribution in [2.45, 2.75) is 19.4 Å². The second-order valence-corrected chi connectivity index (χ2v) is 4.24. The Labute approximate surface area is 105 Å². The van der Waals surface area contributed by atoms with Crippen LogP contribution in [0.3, 0.4) is 0 Å². The van der Waals surface area contributed by atoms with Gasteiger partial charge in [0.15, 0.2) is 0 Å². The minimum Gasteiger partial charge on any atom is -0.377 e. The van der Waals surface area contributed by atoms with Gasteiger partial charge in [-0.3, -0.25) is 0 Å². The molecule has 0 aliphatic rings. The normalized spacial score (nSPS) is 13.1. The summed E-state index contributed by atoms with van der Waals surface area (Å²) in [6.07, 6.45) is 0.675. The zero-order valence-corrected chi connectivity index (χ0v) is 10.5. The Morgan fingerprint density at radius 3 is 3.00 bits per heavy atom. The summed E-state index contributed by atoms with van der Waals surface area (Å²) in [6.45, 7) is 3.10. The molecule has 1 aromatic carbocycles. The van der Waals surface area contributed by atoms with E-state index >= 15 is 0 Å². The molecular formula is C12H16ClN3O. The summed E-state index contributed by atoms with van der Waals surface area (Å²) in [5.41, 5.74) is 7.38. The van der Waals surface area contributed by atoms with E-state index < -0.39 is 0 Å². The summed E-state index contributed by atoms with van der Waals surface area (Å²) in [5, 5.41) is 0.658. The topological polar surface area (TPSA) is 63.9 Å². The molecule has 3 N–H and O–H groups in total. The average Bonchev–Trinajstić information content (AvgIpc) is 2.72. The maximum atomic E-state index is 6.06. The van der Waals surface area contributed by atoms with Crippen molar-refractivity contribution >= 4 is 22.6 Å². The number of halogens is 1. The van der Waals surface area contributed by atoms with Crippen LogP contribution in [0.5, 0.6) is 0 Å². The van der Waals surface area contributed by atoms with E-state index in [-0.39, 0.29) is 6.10 Å². The van der Waals surface area contributed by atoms with Crippen molar-refractivity contribution in [1.82, 2.24) is 9.97 Å². The number of para-hydroxylation sites is 1. The molecule has 2 rings (SSSR count). The van der Waals surface area contributed by atoms with E-state index in [1.54, 1.807) is 0 Å². The predicted molar refractivity (Wildman–Crippen MR) is 69.3 cm³/mol. The lowest BCUT2D eigenvalue weighted by atomic mass is 10.2. The largest absolute Gasteiger partial charge is 0.377 e. The first-order valence-electron chi connectivity index (χ1n) is 5.69. The maximum absolute atomic E-state index is 6.06. The fraction of sp³-hybridized carbons (Fsp3) is 0.417. The van der Waals surface area contributed by atoms with Crippen LogP contribution in [0, 0.1) is 0 Å². The molecule has 0 aliphatic carbocycles. The van der Waals surface area contributed by atoms with Gasteiger partial charge in [-0.1, -0.05) is 17.7 Å². The number of ether oxygens (including phenoxy) is 1. The lowest BCUT2D eigenvalue weighted by Gasteiger charge is -2.12. The number of H-pyrrole nitrogens is 1. The summed E-state index contributed by atoms with van der Waals surface area (Å²) in [7, 11) is 0. The first-order valence-corrected chi connectivity index (χ1v) is 6.07. The van der Waals surface area contributed by atoms with Crippen LogP contribution in [-0.2, 0) is 11.2 Å². The molecule has 0 fully saturated rings. The number of aromatic nitrogens is 2. The highest BCUT2D eigenvalue weighted by atomic mass is 35.5. The monoisotopic (exact) mass is 253 g/mol. The standard InChI is InChI=1S/C12H16ClN3O/c1-2-17-8(7-14)6-11-15-10-5-3-4-9(13)12(10)16-11/h3-5,8H,2,6-7,14H2,1H3,(H,15,16). The van der Waals surface area contributed by atoms with Crippen molar-refractivity contribution < 1.29 is 4.74 Å². The molecule has 0 aliphatic heterocycles. The van der Waals surface area contributed by atoms with Gasteiger partial charge in [-0.15, -0.1) is 0 Å². The quantitative estimate of drug-likeness (QED) is 0.858.